The second-order valence-electron chi connectivity index (χ2n) is 6.60. The van der Waals surface area contributed by atoms with Gasteiger partial charge in [-0.05, 0) is 44.2 Å². The van der Waals surface area contributed by atoms with E-state index < -0.39 is 0 Å². The SMILES string of the molecule is CN(CC1CCOCC1)C(CNC1CC1)c1ccccc1. The fourth-order valence-corrected chi connectivity index (χ4v) is 3.23. The maximum absolute atomic E-state index is 5.48. The Morgan fingerprint density at radius 2 is 1.86 bits per heavy atom. The highest BCUT2D eigenvalue weighted by molar-refractivity contribution is 5.19. The van der Waals surface area contributed by atoms with Crippen molar-refractivity contribution in [2.24, 2.45) is 5.92 Å². The topological polar surface area (TPSA) is 24.5 Å². The van der Waals surface area contributed by atoms with Crippen molar-refractivity contribution >= 4 is 0 Å². The molecule has 3 nitrogen and oxygen atoms in total. The molecule has 1 atom stereocenters. The summed E-state index contributed by atoms with van der Waals surface area (Å²) in [5.41, 5.74) is 1.43. The first-order chi connectivity index (χ1) is 10.3. The minimum absolute atomic E-state index is 0.481. The van der Waals surface area contributed by atoms with E-state index in [0.29, 0.717) is 6.04 Å². The lowest BCUT2D eigenvalue weighted by atomic mass is 9.97. The summed E-state index contributed by atoms with van der Waals surface area (Å²) in [4.78, 5) is 2.54. The number of ether oxygens (including phenoxy) is 1. The molecule has 1 N–H and O–H groups in total. The van der Waals surface area contributed by atoms with Crippen LogP contribution in [-0.4, -0.2) is 44.3 Å². The minimum atomic E-state index is 0.481. The molecule has 3 rings (SSSR count). The van der Waals surface area contributed by atoms with E-state index in [-0.39, 0.29) is 0 Å². The first kappa shape index (κ1) is 15.0. The van der Waals surface area contributed by atoms with Crippen molar-refractivity contribution in [3.63, 3.8) is 0 Å². The fourth-order valence-electron chi connectivity index (χ4n) is 3.23. The molecular formula is C18H28N2O. The van der Waals surface area contributed by atoms with Crippen LogP contribution in [0.4, 0.5) is 0 Å². The average Bonchev–Trinajstić information content (AvgIpc) is 3.34. The Morgan fingerprint density at radius 3 is 2.52 bits per heavy atom. The molecule has 0 radical (unpaired) electrons. The molecule has 0 aromatic heterocycles. The molecule has 0 spiro atoms. The normalized spacial score (nSPS) is 21.6. The zero-order chi connectivity index (χ0) is 14.5. The van der Waals surface area contributed by atoms with Crippen LogP contribution in [0, 0.1) is 5.92 Å². The average molecular weight is 288 g/mol. The van der Waals surface area contributed by atoms with E-state index in [1.165, 1.54) is 37.8 Å². The highest BCUT2D eigenvalue weighted by Crippen LogP contribution is 2.25. The molecule has 1 aliphatic heterocycles. The van der Waals surface area contributed by atoms with Crippen molar-refractivity contribution in [1.82, 2.24) is 10.2 Å². The van der Waals surface area contributed by atoms with Crippen LogP contribution < -0.4 is 5.32 Å². The lowest BCUT2D eigenvalue weighted by Gasteiger charge is -2.33. The predicted molar refractivity (Wildman–Crippen MR) is 86.4 cm³/mol. The van der Waals surface area contributed by atoms with Gasteiger partial charge in [0, 0.05) is 38.4 Å². The van der Waals surface area contributed by atoms with Crippen LogP contribution >= 0.6 is 0 Å². The standard InChI is InChI=1S/C18H28N2O/c1-20(14-15-9-11-21-12-10-15)18(13-19-17-7-8-17)16-5-3-2-4-6-16/h2-6,15,17-19H,7-14H2,1H3. The van der Waals surface area contributed by atoms with Gasteiger partial charge < -0.3 is 10.1 Å². The van der Waals surface area contributed by atoms with E-state index in [9.17, 15) is 0 Å². The number of hydrogen-bond acceptors (Lipinski definition) is 3. The van der Waals surface area contributed by atoms with Crippen LogP contribution in [0.3, 0.4) is 0 Å². The molecule has 1 saturated heterocycles. The van der Waals surface area contributed by atoms with Crippen LogP contribution in [0.15, 0.2) is 30.3 Å². The van der Waals surface area contributed by atoms with E-state index in [0.717, 1.165) is 31.7 Å². The molecule has 2 fully saturated rings. The van der Waals surface area contributed by atoms with Crippen molar-refractivity contribution in [3.05, 3.63) is 35.9 Å². The van der Waals surface area contributed by atoms with Crippen LogP contribution in [0.5, 0.6) is 0 Å². The van der Waals surface area contributed by atoms with E-state index in [1.807, 2.05) is 0 Å². The summed E-state index contributed by atoms with van der Waals surface area (Å²) >= 11 is 0. The van der Waals surface area contributed by atoms with Gasteiger partial charge >= 0.3 is 0 Å². The number of likely N-dealkylation sites (N-methyl/N-ethyl adjacent to an activating group) is 1. The maximum atomic E-state index is 5.48. The van der Waals surface area contributed by atoms with Gasteiger partial charge in [-0.3, -0.25) is 4.90 Å². The molecule has 1 aliphatic carbocycles. The monoisotopic (exact) mass is 288 g/mol. The highest BCUT2D eigenvalue weighted by Gasteiger charge is 2.25. The van der Waals surface area contributed by atoms with E-state index in [2.05, 4.69) is 47.6 Å². The molecule has 1 aromatic carbocycles. The molecule has 0 bridgehead atoms. The van der Waals surface area contributed by atoms with E-state index >= 15 is 0 Å². The van der Waals surface area contributed by atoms with Gasteiger partial charge in [-0.15, -0.1) is 0 Å². The molecule has 1 heterocycles. The molecule has 3 heteroatoms. The number of rotatable bonds is 7. The highest BCUT2D eigenvalue weighted by atomic mass is 16.5. The molecular weight excluding hydrogens is 260 g/mol. The zero-order valence-corrected chi connectivity index (χ0v) is 13.1. The Kier molecular flexibility index (Phi) is 5.28. The van der Waals surface area contributed by atoms with E-state index in [1.54, 1.807) is 0 Å². The predicted octanol–water partition coefficient (Wildman–Crippen LogP) is 2.84. The summed E-state index contributed by atoms with van der Waals surface area (Å²) in [6.07, 6.45) is 5.13. The summed E-state index contributed by atoms with van der Waals surface area (Å²) in [6, 6.07) is 12.2. The number of benzene rings is 1. The molecule has 0 amide bonds. The first-order valence-corrected chi connectivity index (χ1v) is 8.39. The summed E-state index contributed by atoms with van der Waals surface area (Å²) in [5.74, 6) is 0.788. The van der Waals surface area contributed by atoms with Gasteiger partial charge in [0.25, 0.3) is 0 Å². The number of hydrogen-bond donors (Lipinski definition) is 1. The Morgan fingerprint density at radius 1 is 1.14 bits per heavy atom. The summed E-state index contributed by atoms with van der Waals surface area (Å²) in [5, 5.41) is 3.71. The molecule has 1 saturated carbocycles. The van der Waals surface area contributed by atoms with Crippen LogP contribution in [-0.2, 0) is 4.74 Å². The van der Waals surface area contributed by atoms with Gasteiger partial charge in [0.15, 0.2) is 0 Å². The third kappa shape index (κ3) is 4.53. The number of nitrogens with one attached hydrogen (secondary N) is 1. The quantitative estimate of drug-likeness (QED) is 0.835. The molecule has 1 aromatic rings. The third-order valence-electron chi connectivity index (χ3n) is 4.78. The van der Waals surface area contributed by atoms with Crippen molar-refractivity contribution < 1.29 is 4.74 Å². The van der Waals surface area contributed by atoms with Crippen LogP contribution in [0.25, 0.3) is 0 Å². The summed E-state index contributed by atoms with van der Waals surface area (Å²) < 4.78 is 5.48. The van der Waals surface area contributed by atoms with Crippen molar-refractivity contribution in [3.8, 4) is 0 Å². The maximum Gasteiger partial charge on any atom is 0.0469 e. The Bertz CT molecular complexity index is 412. The lowest BCUT2D eigenvalue weighted by molar-refractivity contribution is 0.0501. The van der Waals surface area contributed by atoms with Crippen molar-refractivity contribution in [1.29, 1.82) is 0 Å². The lowest BCUT2D eigenvalue weighted by Crippen LogP contribution is -2.38. The Hall–Kier alpha value is -0.900. The number of nitrogens with zero attached hydrogens (tertiary/aromatic N) is 1. The molecule has 2 aliphatic rings. The van der Waals surface area contributed by atoms with Gasteiger partial charge in [-0.1, -0.05) is 30.3 Å². The summed E-state index contributed by atoms with van der Waals surface area (Å²) in [7, 11) is 2.28. The first-order valence-electron chi connectivity index (χ1n) is 8.39. The Labute approximate surface area is 128 Å². The second-order valence-corrected chi connectivity index (χ2v) is 6.60. The minimum Gasteiger partial charge on any atom is -0.381 e. The molecule has 21 heavy (non-hydrogen) atoms. The van der Waals surface area contributed by atoms with Gasteiger partial charge in [0.1, 0.15) is 0 Å². The van der Waals surface area contributed by atoms with Crippen LogP contribution in [0.2, 0.25) is 0 Å². The molecule has 1 unspecified atom stereocenters. The van der Waals surface area contributed by atoms with Gasteiger partial charge in [0.2, 0.25) is 0 Å². The Balaban J connectivity index is 1.61. The van der Waals surface area contributed by atoms with Crippen molar-refractivity contribution in [2.45, 2.75) is 37.8 Å². The largest absolute Gasteiger partial charge is 0.381 e. The smallest absolute Gasteiger partial charge is 0.0469 e. The summed E-state index contributed by atoms with van der Waals surface area (Å²) in [6.45, 7) is 4.12. The van der Waals surface area contributed by atoms with Gasteiger partial charge in [-0.25, -0.2) is 0 Å². The zero-order valence-electron chi connectivity index (χ0n) is 13.1. The second kappa shape index (κ2) is 7.39. The molecule has 116 valence electrons. The van der Waals surface area contributed by atoms with Gasteiger partial charge in [0.05, 0.1) is 0 Å². The van der Waals surface area contributed by atoms with E-state index in [4.69, 9.17) is 4.74 Å². The third-order valence-corrected chi connectivity index (χ3v) is 4.78. The van der Waals surface area contributed by atoms with Crippen molar-refractivity contribution in [2.75, 3.05) is 33.4 Å². The van der Waals surface area contributed by atoms with Gasteiger partial charge in [-0.2, -0.15) is 0 Å². The van der Waals surface area contributed by atoms with Crippen LogP contribution in [0.1, 0.15) is 37.3 Å². The fraction of sp³-hybridized carbons (Fsp3) is 0.667.